The predicted octanol–water partition coefficient (Wildman–Crippen LogP) is 4.72. The lowest BCUT2D eigenvalue weighted by Gasteiger charge is -2.06. The first-order chi connectivity index (χ1) is 11.1. The van der Waals surface area contributed by atoms with Gasteiger partial charge < -0.3 is 4.57 Å². The van der Waals surface area contributed by atoms with Crippen LogP contribution in [0.4, 0.5) is 0 Å². The van der Waals surface area contributed by atoms with E-state index in [9.17, 15) is 0 Å². The summed E-state index contributed by atoms with van der Waals surface area (Å²) >= 11 is 15.0. The summed E-state index contributed by atoms with van der Waals surface area (Å²) in [6.45, 7) is 4.78. The van der Waals surface area contributed by atoms with E-state index < -0.39 is 0 Å². The predicted molar refractivity (Wildman–Crippen MR) is 95.4 cm³/mol. The molecule has 2 aromatic heterocycles. The highest BCUT2D eigenvalue weighted by Gasteiger charge is 2.17. The Bertz CT molecular complexity index is 830. The van der Waals surface area contributed by atoms with Crippen molar-refractivity contribution < 1.29 is 0 Å². The van der Waals surface area contributed by atoms with Crippen molar-refractivity contribution in [2.75, 3.05) is 0 Å². The van der Waals surface area contributed by atoms with Gasteiger partial charge in [0.25, 0.3) is 0 Å². The molecule has 0 radical (unpaired) electrons. The van der Waals surface area contributed by atoms with Crippen LogP contribution in [-0.4, -0.2) is 24.4 Å². The largest absolute Gasteiger partial charge is 0.302 e. The minimum absolute atomic E-state index is 0.563. The second-order valence-corrected chi connectivity index (χ2v) is 7.29. The number of aromatic nitrogens is 5. The van der Waals surface area contributed by atoms with Crippen molar-refractivity contribution in [2.45, 2.75) is 31.3 Å². The van der Waals surface area contributed by atoms with Gasteiger partial charge in [0, 0.05) is 12.3 Å². The molecule has 1 aromatic carbocycles. The molecule has 2 heterocycles. The van der Waals surface area contributed by atoms with E-state index in [1.165, 1.54) is 11.5 Å². The number of thioether (sulfide) groups is 1. The van der Waals surface area contributed by atoms with Crippen LogP contribution in [0.5, 0.6) is 0 Å². The smallest absolute Gasteiger partial charge is 0.191 e. The lowest BCUT2D eigenvalue weighted by Crippen LogP contribution is -1.99. The first-order valence-electron chi connectivity index (χ1n) is 6.89. The average molecular weight is 386 g/mol. The molecular weight excluding hydrogens is 373 g/mol. The number of rotatable bonds is 5. The Kier molecular flexibility index (Phi) is 5.21. The van der Waals surface area contributed by atoms with E-state index >= 15 is 0 Å². The lowest BCUT2D eigenvalue weighted by molar-refractivity contribution is 0.687. The van der Waals surface area contributed by atoms with Crippen molar-refractivity contribution in [3.05, 3.63) is 39.5 Å². The summed E-state index contributed by atoms with van der Waals surface area (Å²) in [5.74, 6) is 1.56. The van der Waals surface area contributed by atoms with Crippen LogP contribution >= 0.6 is 46.5 Å². The van der Waals surface area contributed by atoms with E-state index in [0.29, 0.717) is 10.0 Å². The summed E-state index contributed by atoms with van der Waals surface area (Å²) in [6.07, 6.45) is 0. The van der Waals surface area contributed by atoms with Gasteiger partial charge in [0.15, 0.2) is 11.0 Å². The molecule has 0 aliphatic rings. The molecule has 0 atom stereocenters. The summed E-state index contributed by atoms with van der Waals surface area (Å²) in [5, 5.41) is 14.6. The topological polar surface area (TPSA) is 56.5 Å². The van der Waals surface area contributed by atoms with E-state index in [2.05, 4.69) is 31.3 Å². The molecule has 9 heteroatoms. The van der Waals surface area contributed by atoms with Crippen LogP contribution in [0.1, 0.15) is 18.2 Å². The first-order valence-corrected chi connectivity index (χ1v) is 9.41. The van der Waals surface area contributed by atoms with Crippen LogP contribution in [0, 0.1) is 6.92 Å². The first kappa shape index (κ1) is 16.7. The Morgan fingerprint density at radius 2 is 2.00 bits per heavy atom. The van der Waals surface area contributed by atoms with E-state index in [1.807, 2.05) is 25.1 Å². The van der Waals surface area contributed by atoms with Crippen molar-refractivity contribution in [2.24, 2.45) is 0 Å². The monoisotopic (exact) mass is 385 g/mol. The quantitative estimate of drug-likeness (QED) is 0.594. The molecule has 3 aromatic rings. The summed E-state index contributed by atoms with van der Waals surface area (Å²) < 4.78 is 6.04. The van der Waals surface area contributed by atoms with E-state index in [1.54, 1.807) is 11.8 Å². The molecule has 0 amide bonds. The Hall–Kier alpha value is -1.15. The maximum atomic E-state index is 6.06. The molecule has 0 N–H and O–H groups in total. The van der Waals surface area contributed by atoms with Crippen molar-refractivity contribution in [3.63, 3.8) is 0 Å². The highest BCUT2D eigenvalue weighted by atomic mass is 35.5. The number of benzene rings is 1. The van der Waals surface area contributed by atoms with Gasteiger partial charge in [-0.2, -0.15) is 0 Å². The minimum atomic E-state index is 0.563. The van der Waals surface area contributed by atoms with Gasteiger partial charge in [0.05, 0.1) is 15.7 Å². The molecule has 0 saturated carbocycles. The van der Waals surface area contributed by atoms with Crippen LogP contribution in [0.3, 0.4) is 0 Å². The fourth-order valence-electron chi connectivity index (χ4n) is 2.06. The Labute approximate surface area is 152 Å². The third kappa shape index (κ3) is 3.52. The molecule has 0 unspecified atom stereocenters. The van der Waals surface area contributed by atoms with Crippen molar-refractivity contribution in [3.8, 4) is 10.7 Å². The third-order valence-corrected chi connectivity index (χ3v) is 5.84. The van der Waals surface area contributed by atoms with Crippen molar-refractivity contribution >= 4 is 46.5 Å². The molecule has 0 bridgehead atoms. The molecule has 0 fully saturated rings. The van der Waals surface area contributed by atoms with Crippen molar-refractivity contribution in [1.29, 1.82) is 0 Å². The number of hydrogen-bond donors (Lipinski definition) is 0. The second-order valence-electron chi connectivity index (χ2n) is 4.78. The molecule has 3 rings (SSSR count). The van der Waals surface area contributed by atoms with Gasteiger partial charge in [-0.05, 0) is 43.1 Å². The zero-order valence-corrected chi connectivity index (χ0v) is 15.6. The fourth-order valence-corrected chi connectivity index (χ4v) is 3.98. The van der Waals surface area contributed by atoms with Crippen LogP contribution in [0.2, 0.25) is 10.0 Å². The van der Waals surface area contributed by atoms with Gasteiger partial charge in [0.2, 0.25) is 0 Å². The Morgan fingerprint density at radius 3 is 2.65 bits per heavy atom. The Balaban J connectivity index is 1.82. The van der Waals surface area contributed by atoms with E-state index in [4.69, 9.17) is 23.2 Å². The molecule has 120 valence electrons. The van der Waals surface area contributed by atoms with Gasteiger partial charge in [-0.1, -0.05) is 45.5 Å². The second kappa shape index (κ2) is 7.17. The van der Waals surface area contributed by atoms with E-state index in [-0.39, 0.29) is 0 Å². The van der Waals surface area contributed by atoms with Gasteiger partial charge in [0.1, 0.15) is 4.88 Å². The van der Waals surface area contributed by atoms with Gasteiger partial charge >= 0.3 is 0 Å². The minimum Gasteiger partial charge on any atom is -0.302 e. The summed E-state index contributed by atoms with van der Waals surface area (Å²) in [5.41, 5.74) is 1.96. The molecular formula is C14H13Cl2N5S2. The highest BCUT2D eigenvalue weighted by molar-refractivity contribution is 7.98. The Morgan fingerprint density at radius 1 is 1.17 bits per heavy atom. The molecule has 0 saturated heterocycles. The lowest BCUT2D eigenvalue weighted by atomic mass is 10.2. The summed E-state index contributed by atoms with van der Waals surface area (Å²) in [6, 6.07) is 5.65. The molecule has 0 aliphatic carbocycles. The maximum absolute atomic E-state index is 6.06. The number of aryl methyl sites for hydroxylation is 1. The van der Waals surface area contributed by atoms with Crippen LogP contribution in [0.15, 0.2) is 23.4 Å². The standard InChI is InChI=1S/C14H13Cl2N5S2/c1-3-21-13(12-8(2)17-20-23-12)18-19-14(21)22-7-9-4-5-10(15)11(16)6-9/h4-6H,3,7H2,1-2H3. The molecule has 0 spiro atoms. The molecule has 5 nitrogen and oxygen atoms in total. The van der Waals surface area contributed by atoms with Gasteiger partial charge in [-0.3, -0.25) is 0 Å². The summed E-state index contributed by atoms with van der Waals surface area (Å²) in [7, 11) is 0. The average Bonchev–Trinajstić information content (AvgIpc) is 3.13. The van der Waals surface area contributed by atoms with Crippen LogP contribution < -0.4 is 0 Å². The zero-order chi connectivity index (χ0) is 16.4. The highest BCUT2D eigenvalue weighted by Crippen LogP contribution is 2.30. The van der Waals surface area contributed by atoms with Crippen LogP contribution in [-0.2, 0) is 12.3 Å². The molecule has 23 heavy (non-hydrogen) atoms. The van der Waals surface area contributed by atoms with E-state index in [0.717, 1.165) is 39.4 Å². The van der Waals surface area contributed by atoms with Gasteiger partial charge in [-0.15, -0.1) is 15.3 Å². The normalized spacial score (nSPS) is 11.1. The zero-order valence-electron chi connectivity index (χ0n) is 12.5. The molecule has 0 aliphatic heterocycles. The fraction of sp³-hybridized carbons (Fsp3) is 0.286. The summed E-state index contributed by atoms with van der Waals surface area (Å²) in [4.78, 5) is 0.959. The van der Waals surface area contributed by atoms with Crippen LogP contribution in [0.25, 0.3) is 10.7 Å². The number of halogens is 2. The van der Waals surface area contributed by atoms with Gasteiger partial charge in [-0.25, -0.2) is 0 Å². The maximum Gasteiger partial charge on any atom is 0.191 e. The number of hydrogen-bond acceptors (Lipinski definition) is 6. The third-order valence-electron chi connectivity index (χ3n) is 3.24. The van der Waals surface area contributed by atoms with Crippen molar-refractivity contribution in [1.82, 2.24) is 24.4 Å². The SMILES string of the molecule is CCn1c(SCc2ccc(Cl)c(Cl)c2)nnc1-c1snnc1C. The number of nitrogens with zero attached hydrogens (tertiary/aromatic N) is 5.